The molecule has 0 unspecified atom stereocenters. The maximum Gasteiger partial charge on any atom is 0.224 e. The minimum atomic E-state index is 0.311. The SMILES string of the molecule is C=Cc1cc2cnc(Cl)nc2n1C1CCCC1.CC. The van der Waals surface area contributed by atoms with E-state index < -0.39 is 0 Å². The standard InChI is InChI=1S/C13H14ClN3.C2H6/c1-2-10-7-9-8-15-13(14)16-12(9)17(10)11-5-3-4-6-11;1-2/h2,7-8,11H,1,3-6H2;1-2H3. The van der Waals surface area contributed by atoms with Crippen LogP contribution in [0.2, 0.25) is 5.28 Å². The van der Waals surface area contributed by atoms with Gasteiger partial charge in [0.2, 0.25) is 5.28 Å². The highest BCUT2D eigenvalue weighted by molar-refractivity contribution is 6.28. The molecule has 19 heavy (non-hydrogen) atoms. The van der Waals surface area contributed by atoms with Gasteiger partial charge in [0, 0.05) is 23.3 Å². The van der Waals surface area contributed by atoms with Crippen molar-refractivity contribution < 1.29 is 0 Å². The molecule has 1 aliphatic rings. The Kier molecular flexibility index (Phi) is 4.59. The molecule has 3 nitrogen and oxygen atoms in total. The van der Waals surface area contributed by atoms with Gasteiger partial charge < -0.3 is 4.57 Å². The van der Waals surface area contributed by atoms with E-state index in [9.17, 15) is 0 Å². The van der Waals surface area contributed by atoms with E-state index in [-0.39, 0.29) is 0 Å². The van der Waals surface area contributed by atoms with Crippen LogP contribution in [0.3, 0.4) is 0 Å². The molecule has 0 atom stereocenters. The van der Waals surface area contributed by atoms with E-state index in [1.54, 1.807) is 6.20 Å². The molecular formula is C15H20ClN3. The average Bonchev–Trinajstić information content (AvgIpc) is 3.06. The first-order valence-corrected chi connectivity index (χ1v) is 7.33. The Bertz CT molecular complexity index is 568. The summed E-state index contributed by atoms with van der Waals surface area (Å²) in [4.78, 5) is 8.39. The quantitative estimate of drug-likeness (QED) is 0.733. The van der Waals surface area contributed by atoms with Crippen molar-refractivity contribution in [3.63, 3.8) is 0 Å². The van der Waals surface area contributed by atoms with Crippen molar-refractivity contribution in [3.8, 4) is 0 Å². The lowest BCUT2D eigenvalue weighted by molar-refractivity contribution is 0.529. The maximum absolute atomic E-state index is 5.89. The molecule has 2 heterocycles. The Labute approximate surface area is 119 Å². The van der Waals surface area contributed by atoms with E-state index in [0.29, 0.717) is 11.3 Å². The first-order valence-electron chi connectivity index (χ1n) is 6.95. The van der Waals surface area contributed by atoms with Gasteiger partial charge in [-0.05, 0) is 36.6 Å². The summed E-state index contributed by atoms with van der Waals surface area (Å²) < 4.78 is 2.27. The average molecular weight is 278 g/mol. The van der Waals surface area contributed by atoms with Crippen LogP contribution in [-0.4, -0.2) is 14.5 Å². The van der Waals surface area contributed by atoms with Crippen LogP contribution in [0.4, 0.5) is 0 Å². The highest BCUT2D eigenvalue weighted by Crippen LogP contribution is 2.34. The number of aromatic nitrogens is 3. The number of nitrogens with zero attached hydrogens (tertiary/aromatic N) is 3. The van der Waals surface area contributed by atoms with Crippen molar-refractivity contribution in [2.75, 3.05) is 0 Å². The predicted molar refractivity (Wildman–Crippen MR) is 81.5 cm³/mol. The van der Waals surface area contributed by atoms with Gasteiger partial charge >= 0.3 is 0 Å². The molecular weight excluding hydrogens is 258 g/mol. The fraction of sp³-hybridized carbons (Fsp3) is 0.467. The van der Waals surface area contributed by atoms with Crippen molar-refractivity contribution >= 4 is 28.7 Å². The molecule has 1 fully saturated rings. The van der Waals surface area contributed by atoms with Gasteiger partial charge in [0.15, 0.2) is 0 Å². The summed E-state index contributed by atoms with van der Waals surface area (Å²) in [6, 6.07) is 2.61. The largest absolute Gasteiger partial charge is 0.323 e. The topological polar surface area (TPSA) is 30.7 Å². The van der Waals surface area contributed by atoms with E-state index in [1.165, 1.54) is 25.7 Å². The summed E-state index contributed by atoms with van der Waals surface area (Å²) in [6.45, 7) is 7.88. The van der Waals surface area contributed by atoms with Crippen LogP contribution in [0, 0.1) is 0 Å². The van der Waals surface area contributed by atoms with Crippen LogP contribution >= 0.6 is 11.6 Å². The molecule has 2 aromatic heterocycles. The third-order valence-corrected chi connectivity index (χ3v) is 3.66. The second-order valence-corrected chi connectivity index (χ2v) is 4.84. The van der Waals surface area contributed by atoms with Gasteiger partial charge in [0.25, 0.3) is 0 Å². The third-order valence-electron chi connectivity index (χ3n) is 3.48. The van der Waals surface area contributed by atoms with E-state index in [0.717, 1.165) is 16.7 Å². The Morgan fingerprint density at radius 3 is 2.68 bits per heavy atom. The van der Waals surface area contributed by atoms with Crippen LogP contribution in [0.1, 0.15) is 51.3 Å². The molecule has 2 aromatic rings. The predicted octanol–water partition coefficient (Wildman–Crippen LogP) is 4.87. The Balaban J connectivity index is 0.000000637. The number of hydrogen-bond donors (Lipinski definition) is 0. The van der Waals surface area contributed by atoms with E-state index >= 15 is 0 Å². The molecule has 0 N–H and O–H groups in total. The molecule has 1 aliphatic carbocycles. The minimum absolute atomic E-state index is 0.311. The van der Waals surface area contributed by atoms with E-state index in [4.69, 9.17) is 11.6 Å². The van der Waals surface area contributed by atoms with Crippen LogP contribution < -0.4 is 0 Å². The van der Waals surface area contributed by atoms with E-state index in [1.807, 2.05) is 19.9 Å². The van der Waals surface area contributed by atoms with Gasteiger partial charge in [-0.15, -0.1) is 0 Å². The van der Waals surface area contributed by atoms with Crippen molar-refractivity contribution in [3.05, 3.63) is 29.8 Å². The lowest BCUT2D eigenvalue weighted by atomic mass is 10.2. The number of fused-ring (bicyclic) bond motifs is 1. The third kappa shape index (κ3) is 2.66. The summed E-state index contributed by atoms with van der Waals surface area (Å²) >= 11 is 5.89. The molecule has 0 saturated heterocycles. The zero-order valence-corrected chi connectivity index (χ0v) is 12.3. The highest BCUT2D eigenvalue weighted by Gasteiger charge is 2.21. The Morgan fingerprint density at radius 1 is 1.37 bits per heavy atom. The summed E-state index contributed by atoms with van der Waals surface area (Å²) in [5.41, 5.74) is 2.05. The van der Waals surface area contributed by atoms with Crippen LogP contribution in [-0.2, 0) is 0 Å². The number of hydrogen-bond acceptors (Lipinski definition) is 2. The Hall–Kier alpha value is -1.35. The molecule has 4 heteroatoms. The van der Waals surface area contributed by atoms with Gasteiger partial charge in [-0.1, -0.05) is 33.3 Å². The number of rotatable bonds is 2. The first kappa shape index (κ1) is 14.1. The second kappa shape index (κ2) is 6.20. The summed E-state index contributed by atoms with van der Waals surface area (Å²) in [5.74, 6) is 0. The van der Waals surface area contributed by atoms with Crippen molar-refractivity contribution in [2.45, 2.75) is 45.6 Å². The molecule has 0 aliphatic heterocycles. The Morgan fingerprint density at radius 2 is 2.05 bits per heavy atom. The van der Waals surface area contributed by atoms with Gasteiger partial charge in [-0.2, -0.15) is 4.98 Å². The zero-order valence-electron chi connectivity index (χ0n) is 11.6. The monoisotopic (exact) mass is 277 g/mol. The van der Waals surface area contributed by atoms with Crippen molar-refractivity contribution in [2.24, 2.45) is 0 Å². The molecule has 102 valence electrons. The van der Waals surface area contributed by atoms with Crippen LogP contribution in [0.15, 0.2) is 18.8 Å². The normalized spacial score (nSPS) is 15.3. The highest BCUT2D eigenvalue weighted by atomic mass is 35.5. The van der Waals surface area contributed by atoms with Crippen LogP contribution in [0.25, 0.3) is 17.1 Å². The molecule has 0 spiro atoms. The molecule has 0 radical (unpaired) electrons. The molecule has 1 saturated carbocycles. The maximum atomic E-state index is 5.89. The number of halogens is 1. The molecule has 0 aromatic carbocycles. The molecule has 0 bridgehead atoms. The summed E-state index contributed by atoms with van der Waals surface area (Å²) in [7, 11) is 0. The van der Waals surface area contributed by atoms with Crippen molar-refractivity contribution in [1.29, 1.82) is 0 Å². The van der Waals surface area contributed by atoms with Gasteiger partial charge in [0.05, 0.1) is 0 Å². The minimum Gasteiger partial charge on any atom is -0.323 e. The van der Waals surface area contributed by atoms with Gasteiger partial charge in [-0.3, -0.25) is 0 Å². The smallest absolute Gasteiger partial charge is 0.224 e. The molecule has 0 amide bonds. The van der Waals surface area contributed by atoms with E-state index in [2.05, 4.69) is 27.2 Å². The van der Waals surface area contributed by atoms with Crippen LogP contribution in [0.5, 0.6) is 0 Å². The zero-order chi connectivity index (χ0) is 13.8. The lowest BCUT2D eigenvalue weighted by Crippen LogP contribution is -2.07. The first-order chi connectivity index (χ1) is 9.29. The van der Waals surface area contributed by atoms with Gasteiger partial charge in [-0.25, -0.2) is 4.98 Å². The second-order valence-electron chi connectivity index (χ2n) is 4.50. The van der Waals surface area contributed by atoms with Crippen molar-refractivity contribution in [1.82, 2.24) is 14.5 Å². The summed E-state index contributed by atoms with van der Waals surface area (Å²) in [5, 5.41) is 1.35. The summed E-state index contributed by atoms with van der Waals surface area (Å²) in [6.07, 6.45) is 8.68. The fourth-order valence-corrected chi connectivity index (χ4v) is 2.84. The lowest BCUT2D eigenvalue weighted by Gasteiger charge is -2.15. The fourth-order valence-electron chi connectivity index (χ4n) is 2.71. The molecule has 3 rings (SSSR count). The van der Waals surface area contributed by atoms with Gasteiger partial charge in [0.1, 0.15) is 5.65 Å².